The Bertz CT molecular complexity index is 766. The predicted octanol–water partition coefficient (Wildman–Crippen LogP) is 3.45. The van der Waals surface area contributed by atoms with Crippen LogP contribution in [0.1, 0.15) is 15.9 Å². The molecule has 6 heteroatoms. The number of hydrogen-bond acceptors (Lipinski definition) is 2. The first-order valence-electron chi connectivity index (χ1n) is 5.63. The Morgan fingerprint density at radius 2 is 1.75 bits per heavy atom. The van der Waals surface area contributed by atoms with Crippen molar-refractivity contribution in [1.29, 1.82) is 0 Å². The molecule has 0 aliphatic carbocycles. The summed E-state index contributed by atoms with van der Waals surface area (Å²) >= 11 is 5.89. The van der Waals surface area contributed by atoms with Crippen LogP contribution in [0.25, 0.3) is 0 Å². The number of hydrogen-bond donors (Lipinski definition) is 0. The van der Waals surface area contributed by atoms with Gasteiger partial charge >= 0.3 is 0 Å². The topological polar surface area (TPSA) is 43.1 Å². The zero-order chi connectivity index (χ0) is 14.4. The fourth-order valence-electron chi connectivity index (χ4n) is 2.18. The second-order valence-electron chi connectivity index (χ2n) is 4.27. The average molecular weight is 294 g/mol. The molecule has 3 nitrogen and oxygen atoms in total. The van der Waals surface area contributed by atoms with Gasteiger partial charge in [-0.05, 0) is 24.3 Å². The number of carbonyl (C=O) groups is 1. The quantitative estimate of drug-likeness (QED) is 0.597. The molecule has 20 heavy (non-hydrogen) atoms. The molecule has 1 aliphatic heterocycles. The van der Waals surface area contributed by atoms with Gasteiger partial charge in [-0.25, -0.2) is 8.78 Å². The van der Waals surface area contributed by atoms with Crippen LogP contribution in [0.3, 0.4) is 0 Å². The first kappa shape index (κ1) is 12.7. The fraction of sp³-hybridized carbons (Fsp3) is 0. The summed E-state index contributed by atoms with van der Waals surface area (Å²) in [6.07, 6.45) is 0. The largest absolute Gasteiger partial charge is 0.618 e. The summed E-state index contributed by atoms with van der Waals surface area (Å²) in [5.41, 5.74) is -0.340. The SMILES string of the molecule is O=C1C(c2cc(F)cc(F)c2)=[N+]([O-])c2c(Cl)cccc21. The predicted molar refractivity (Wildman–Crippen MR) is 69.5 cm³/mol. The summed E-state index contributed by atoms with van der Waals surface area (Å²) in [5.74, 6) is -2.34. The van der Waals surface area contributed by atoms with Gasteiger partial charge in [0.05, 0.1) is 5.56 Å². The van der Waals surface area contributed by atoms with E-state index < -0.39 is 17.4 Å². The van der Waals surface area contributed by atoms with Gasteiger partial charge in [0.2, 0.25) is 5.69 Å². The monoisotopic (exact) mass is 293 g/mol. The van der Waals surface area contributed by atoms with Gasteiger partial charge in [-0.3, -0.25) is 4.79 Å². The Morgan fingerprint density at radius 3 is 2.35 bits per heavy atom. The maximum Gasteiger partial charge on any atom is 0.273 e. The second kappa shape index (κ2) is 4.38. The van der Waals surface area contributed by atoms with Crippen molar-refractivity contribution < 1.29 is 18.3 Å². The Kier molecular flexibility index (Phi) is 2.79. The van der Waals surface area contributed by atoms with Crippen molar-refractivity contribution >= 4 is 28.8 Å². The van der Waals surface area contributed by atoms with Crippen LogP contribution < -0.4 is 0 Å². The van der Waals surface area contributed by atoms with Crippen molar-refractivity contribution in [3.63, 3.8) is 0 Å². The van der Waals surface area contributed by atoms with Crippen LogP contribution in [0.2, 0.25) is 5.02 Å². The maximum absolute atomic E-state index is 13.2. The lowest BCUT2D eigenvalue weighted by Gasteiger charge is -2.03. The highest BCUT2D eigenvalue weighted by molar-refractivity contribution is 6.53. The van der Waals surface area contributed by atoms with E-state index in [1.807, 2.05) is 0 Å². The van der Waals surface area contributed by atoms with Crippen molar-refractivity contribution in [3.8, 4) is 0 Å². The summed E-state index contributed by atoms with van der Waals surface area (Å²) in [5, 5.41) is 12.3. The smallest absolute Gasteiger partial charge is 0.273 e. The van der Waals surface area contributed by atoms with Crippen LogP contribution in [0.4, 0.5) is 14.5 Å². The lowest BCUT2D eigenvalue weighted by atomic mass is 10.0. The summed E-state index contributed by atoms with van der Waals surface area (Å²) in [4.78, 5) is 12.2. The molecule has 2 aromatic rings. The summed E-state index contributed by atoms with van der Waals surface area (Å²) < 4.78 is 26.8. The minimum atomic E-state index is -0.865. The number of nitrogens with zero attached hydrogens (tertiary/aromatic N) is 1. The van der Waals surface area contributed by atoms with Gasteiger partial charge in [0.25, 0.3) is 11.5 Å². The van der Waals surface area contributed by atoms with Crippen molar-refractivity contribution in [2.24, 2.45) is 0 Å². The molecule has 0 atom stereocenters. The Hall–Kier alpha value is -2.27. The molecule has 100 valence electrons. The third-order valence-electron chi connectivity index (χ3n) is 2.99. The number of carbonyl (C=O) groups excluding carboxylic acids is 1. The van der Waals surface area contributed by atoms with Gasteiger partial charge in [-0.1, -0.05) is 17.7 Å². The Balaban J connectivity index is 2.26. The van der Waals surface area contributed by atoms with Crippen molar-refractivity contribution in [2.75, 3.05) is 0 Å². The molecule has 0 saturated carbocycles. The molecule has 0 spiro atoms. The molecule has 0 aromatic heterocycles. The zero-order valence-corrected chi connectivity index (χ0v) is 10.6. The Morgan fingerprint density at radius 1 is 1.10 bits per heavy atom. The molecule has 1 heterocycles. The van der Waals surface area contributed by atoms with Crippen LogP contribution in [0.15, 0.2) is 36.4 Å². The summed E-state index contributed by atoms with van der Waals surface area (Å²) in [6.45, 7) is 0. The van der Waals surface area contributed by atoms with E-state index in [-0.39, 0.29) is 27.5 Å². The number of halogens is 3. The average Bonchev–Trinajstić information content (AvgIpc) is 2.61. The zero-order valence-electron chi connectivity index (χ0n) is 9.86. The minimum Gasteiger partial charge on any atom is -0.618 e. The van der Waals surface area contributed by atoms with Crippen molar-refractivity contribution in [3.05, 3.63) is 69.4 Å². The molecule has 1 aliphatic rings. The number of fused-ring (bicyclic) bond motifs is 1. The maximum atomic E-state index is 13.2. The van der Waals surface area contributed by atoms with E-state index in [1.165, 1.54) is 18.2 Å². The molecular weight excluding hydrogens is 288 g/mol. The third-order valence-corrected chi connectivity index (χ3v) is 3.29. The second-order valence-corrected chi connectivity index (χ2v) is 4.67. The highest BCUT2D eigenvalue weighted by Crippen LogP contribution is 2.34. The highest BCUT2D eigenvalue weighted by atomic mass is 35.5. The van der Waals surface area contributed by atoms with Gasteiger partial charge in [-0.2, -0.15) is 4.74 Å². The van der Waals surface area contributed by atoms with Gasteiger partial charge < -0.3 is 5.21 Å². The number of rotatable bonds is 1. The van der Waals surface area contributed by atoms with Gasteiger partial charge in [0.1, 0.15) is 22.2 Å². The van der Waals surface area contributed by atoms with Crippen LogP contribution in [-0.2, 0) is 0 Å². The van der Waals surface area contributed by atoms with Crippen LogP contribution in [0, 0.1) is 16.8 Å². The van der Waals surface area contributed by atoms with E-state index in [0.29, 0.717) is 10.8 Å². The van der Waals surface area contributed by atoms with E-state index in [2.05, 4.69) is 0 Å². The molecule has 0 fully saturated rings. The van der Waals surface area contributed by atoms with Gasteiger partial charge in [0, 0.05) is 6.07 Å². The van der Waals surface area contributed by atoms with Crippen LogP contribution in [-0.4, -0.2) is 16.2 Å². The van der Waals surface area contributed by atoms with E-state index in [9.17, 15) is 18.8 Å². The Labute approximate surface area is 117 Å². The molecule has 0 N–H and O–H groups in total. The molecule has 2 aromatic carbocycles. The first-order valence-corrected chi connectivity index (χ1v) is 6.00. The molecule has 0 unspecified atom stereocenters. The van der Waals surface area contributed by atoms with E-state index >= 15 is 0 Å². The third kappa shape index (κ3) is 1.78. The van der Waals surface area contributed by atoms with Gasteiger partial charge in [0.15, 0.2) is 0 Å². The molecule has 0 bridgehead atoms. The highest BCUT2D eigenvalue weighted by Gasteiger charge is 2.38. The number of benzene rings is 2. The van der Waals surface area contributed by atoms with Crippen molar-refractivity contribution in [2.45, 2.75) is 0 Å². The summed E-state index contributed by atoms with van der Waals surface area (Å²) in [7, 11) is 0. The van der Waals surface area contributed by atoms with Crippen LogP contribution >= 0.6 is 11.6 Å². The lowest BCUT2D eigenvalue weighted by molar-refractivity contribution is -0.355. The normalized spacial score (nSPS) is 13.8. The summed E-state index contributed by atoms with van der Waals surface area (Å²) in [6, 6.07) is 6.97. The molecule has 0 radical (unpaired) electrons. The first-order chi connectivity index (χ1) is 9.49. The molecule has 3 rings (SSSR count). The van der Waals surface area contributed by atoms with E-state index in [1.54, 1.807) is 0 Å². The molecular formula is C14H6ClF2NO2. The van der Waals surface area contributed by atoms with Gasteiger partial charge in [-0.15, -0.1) is 0 Å². The standard InChI is InChI=1S/C14H6ClF2NO2/c15-11-3-1-2-10-13(11)18(20)12(14(10)19)7-4-8(16)6-9(17)5-7/h1-6H. The number of ketones is 1. The number of para-hydroxylation sites is 1. The minimum absolute atomic E-state index is 0.00108. The fourth-order valence-corrected chi connectivity index (χ4v) is 2.43. The molecule has 0 amide bonds. The van der Waals surface area contributed by atoms with E-state index in [4.69, 9.17) is 11.6 Å². The van der Waals surface area contributed by atoms with Crippen molar-refractivity contribution in [1.82, 2.24) is 0 Å². The lowest BCUT2D eigenvalue weighted by Crippen LogP contribution is -2.17. The number of Topliss-reactive ketones (excluding diaryl/α,β-unsaturated/α-hetero) is 1. The molecule has 0 saturated heterocycles. The van der Waals surface area contributed by atoms with Crippen LogP contribution in [0.5, 0.6) is 0 Å². The van der Waals surface area contributed by atoms with E-state index in [0.717, 1.165) is 12.1 Å².